The highest BCUT2D eigenvalue weighted by Crippen LogP contribution is 2.38. The Hall–Kier alpha value is -1.66. The molecule has 0 radical (unpaired) electrons. The second-order valence-electron chi connectivity index (χ2n) is 6.99. The van der Waals surface area contributed by atoms with E-state index < -0.39 is 0 Å². The minimum Gasteiger partial charge on any atom is -0.350 e. The van der Waals surface area contributed by atoms with Crippen LogP contribution in [0.25, 0.3) is 0 Å². The Bertz CT molecular complexity index is 669. The number of hydrogen-bond donors (Lipinski definition) is 2. The van der Waals surface area contributed by atoms with Gasteiger partial charge < -0.3 is 5.32 Å². The average molecular weight is 344 g/mol. The first kappa shape index (κ1) is 15.8. The third kappa shape index (κ3) is 3.87. The number of H-pyrrole nitrogens is 1. The maximum Gasteiger partial charge on any atom is 0.271 e. The third-order valence-corrected chi connectivity index (χ3v) is 5.93. The van der Waals surface area contributed by atoms with Crippen molar-refractivity contribution in [3.63, 3.8) is 0 Å². The number of aromatic nitrogens is 2. The van der Waals surface area contributed by atoms with Gasteiger partial charge in [-0.05, 0) is 62.2 Å². The Kier molecular flexibility index (Phi) is 4.67. The molecule has 0 aromatic carbocycles. The first-order valence-corrected chi connectivity index (χ1v) is 9.74. The fraction of sp³-hybridized carbons (Fsp3) is 0.556. The second kappa shape index (κ2) is 7.07. The van der Waals surface area contributed by atoms with Crippen LogP contribution in [0, 0.1) is 5.92 Å². The number of piperidine rings is 1. The van der Waals surface area contributed by atoms with Gasteiger partial charge in [-0.15, -0.1) is 11.3 Å². The number of thiophene rings is 1. The second-order valence-corrected chi connectivity index (χ2v) is 8.02. The maximum absolute atomic E-state index is 12.2. The largest absolute Gasteiger partial charge is 0.350 e. The van der Waals surface area contributed by atoms with E-state index in [1.807, 2.05) is 17.4 Å². The highest BCUT2D eigenvalue weighted by Gasteiger charge is 2.27. The molecule has 1 saturated heterocycles. The fourth-order valence-electron chi connectivity index (χ4n) is 3.36. The van der Waals surface area contributed by atoms with Crippen LogP contribution in [-0.4, -0.2) is 40.6 Å². The van der Waals surface area contributed by atoms with Gasteiger partial charge in [-0.1, -0.05) is 6.07 Å². The van der Waals surface area contributed by atoms with E-state index in [0.717, 1.165) is 44.7 Å². The van der Waals surface area contributed by atoms with E-state index in [1.54, 1.807) is 0 Å². The summed E-state index contributed by atoms with van der Waals surface area (Å²) in [7, 11) is 0. The molecule has 0 bridgehead atoms. The molecule has 4 rings (SSSR count). The van der Waals surface area contributed by atoms with Gasteiger partial charge in [-0.25, -0.2) is 0 Å². The molecular formula is C18H24N4OS. The van der Waals surface area contributed by atoms with Gasteiger partial charge in [-0.3, -0.25) is 14.8 Å². The fourth-order valence-corrected chi connectivity index (χ4v) is 4.10. The zero-order valence-corrected chi connectivity index (χ0v) is 14.6. The van der Waals surface area contributed by atoms with Crippen molar-refractivity contribution < 1.29 is 4.79 Å². The van der Waals surface area contributed by atoms with Crippen molar-refractivity contribution in [1.82, 2.24) is 20.4 Å². The molecule has 2 aromatic heterocycles. The van der Waals surface area contributed by atoms with Crippen LogP contribution in [-0.2, 0) is 6.54 Å². The van der Waals surface area contributed by atoms with Crippen LogP contribution in [0.2, 0.25) is 0 Å². The summed E-state index contributed by atoms with van der Waals surface area (Å²) in [5.41, 5.74) is 1.65. The molecule has 2 fully saturated rings. The van der Waals surface area contributed by atoms with E-state index in [-0.39, 0.29) is 5.91 Å². The van der Waals surface area contributed by atoms with Gasteiger partial charge in [0.25, 0.3) is 5.91 Å². The summed E-state index contributed by atoms with van der Waals surface area (Å²) in [6.45, 7) is 4.06. The minimum atomic E-state index is -0.0424. The van der Waals surface area contributed by atoms with Crippen LogP contribution in [0.15, 0.2) is 23.6 Å². The maximum atomic E-state index is 12.2. The number of aromatic amines is 1. The standard InChI is InChI=1S/C18H24N4OS/c23-18(17-10-16(20-21-17)14-3-4-14)19-11-13-5-7-22(8-6-13)12-15-2-1-9-24-15/h1-2,9-10,13-14H,3-8,11-12H2,(H,19,23)(H,20,21). The number of hydrogen-bond acceptors (Lipinski definition) is 4. The van der Waals surface area contributed by atoms with Crippen molar-refractivity contribution >= 4 is 17.2 Å². The minimum absolute atomic E-state index is 0.0424. The van der Waals surface area contributed by atoms with Crippen molar-refractivity contribution in [2.45, 2.75) is 38.1 Å². The number of likely N-dealkylation sites (tertiary alicyclic amines) is 1. The van der Waals surface area contributed by atoms with Gasteiger partial charge in [0, 0.05) is 29.6 Å². The van der Waals surface area contributed by atoms with Crippen LogP contribution in [0.3, 0.4) is 0 Å². The number of nitrogens with zero attached hydrogens (tertiary/aromatic N) is 2. The lowest BCUT2D eigenvalue weighted by atomic mass is 9.96. The van der Waals surface area contributed by atoms with Gasteiger partial charge in [0.2, 0.25) is 0 Å². The Morgan fingerprint density at radius 1 is 1.33 bits per heavy atom. The smallest absolute Gasteiger partial charge is 0.271 e. The lowest BCUT2D eigenvalue weighted by Crippen LogP contribution is -2.38. The predicted octanol–water partition coefficient (Wildman–Crippen LogP) is 2.99. The van der Waals surface area contributed by atoms with Crippen molar-refractivity contribution in [2.75, 3.05) is 19.6 Å². The molecule has 3 heterocycles. The first-order valence-electron chi connectivity index (χ1n) is 8.86. The van der Waals surface area contributed by atoms with Gasteiger partial charge in [-0.2, -0.15) is 5.10 Å². The van der Waals surface area contributed by atoms with Crippen LogP contribution >= 0.6 is 11.3 Å². The highest BCUT2D eigenvalue weighted by molar-refractivity contribution is 7.09. The molecule has 0 unspecified atom stereocenters. The molecule has 1 aliphatic carbocycles. The molecule has 2 aliphatic rings. The number of nitrogens with one attached hydrogen (secondary N) is 2. The van der Waals surface area contributed by atoms with Crippen molar-refractivity contribution in [1.29, 1.82) is 0 Å². The molecule has 128 valence electrons. The number of amides is 1. The zero-order valence-electron chi connectivity index (χ0n) is 13.8. The lowest BCUT2D eigenvalue weighted by molar-refractivity contribution is 0.0930. The monoisotopic (exact) mass is 344 g/mol. The molecule has 2 N–H and O–H groups in total. The average Bonchev–Trinajstić information content (AvgIpc) is 3.11. The van der Waals surface area contributed by atoms with E-state index in [1.165, 1.54) is 17.7 Å². The van der Waals surface area contributed by atoms with E-state index in [2.05, 4.69) is 37.9 Å². The van der Waals surface area contributed by atoms with Crippen LogP contribution in [0.5, 0.6) is 0 Å². The summed E-state index contributed by atoms with van der Waals surface area (Å²) in [6.07, 6.45) is 4.74. The Morgan fingerprint density at radius 3 is 2.88 bits per heavy atom. The van der Waals surface area contributed by atoms with E-state index >= 15 is 0 Å². The third-order valence-electron chi connectivity index (χ3n) is 5.07. The summed E-state index contributed by atoms with van der Waals surface area (Å²) in [4.78, 5) is 16.2. The molecule has 24 heavy (non-hydrogen) atoms. The first-order chi connectivity index (χ1) is 11.8. The van der Waals surface area contributed by atoms with Crippen LogP contribution in [0.1, 0.15) is 52.7 Å². The summed E-state index contributed by atoms with van der Waals surface area (Å²) in [5.74, 6) is 1.14. The van der Waals surface area contributed by atoms with Crippen LogP contribution in [0.4, 0.5) is 0 Å². The Morgan fingerprint density at radius 2 is 2.17 bits per heavy atom. The number of carbonyl (C=O) groups is 1. The number of carbonyl (C=O) groups excluding carboxylic acids is 1. The van der Waals surface area contributed by atoms with Gasteiger partial charge in [0.1, 0.15) is 5.69 Å². The topological polar surface area (TPSA) is 61.0 Å². The molecule has 6 heteroatoms. The molecule has 1 aliphatic heterocycles. The lowest BCUT2D eigenvalue weighted by Gasteiger charge is -2.31. The summed E-state index contributed by atoms with van der Waals surface area (Å²) < 4.78 is 0. The van der Waals surface area contributed by atoms with Crippen molar-refractivity contribution in [3.8, 4) is 0 Å². The normalized spacial score (nSPS) is 19.5. The highest BCUT2D eigenvalue weighted by atomic mass is 32.1. The number of rotatable bonds is 6. The summed E-state index contributed by atoms with van der Waals surface area (Å²) >= 11 is 1.83. The van der Waals surface area contributed by atoms with Gasteiger partial charge in [0.05, 0.1) is 0 Å². The molecule has 2 aromatic rings. The molecule has 1 amide bonds. The summed E-state index contributed by atoms with van der Waals surface area (Å²) in [5, 5.41) is 12.4. The van der Waals surface area contributed by atoms with Gasteiger partial charge in [0.15, 0.2) is 0 Å². The van der Waals surface area contributed by atoms with Crippen molar-refractivity contribution in [2.24, 2.45) is 5.92 Å². The zero-order chi connectivity index (χ0) is 16.4. The summed E-state index contributed by atoms with van der Waals surface area (Å²) in [6, 6.07) is 6.24. The quantitative estimate of drug-likeness (QED) is 0.847. The van der Waals surface area contributed by atoms with E-state index in [9.17, 15) is 4.79 Å². The van der Waals surface area contributed by atoms with E-state index in [0.29, 0.717) is 17.5 Å². The molecular weight excluding hydrogens is 320 g/mol. The molecule has 5 nitrogen and oxygen atoms in total. The Labute approximate surface area is 146 Å². The SMILES string of the molecule is O=C(NCC1CCN(Cc2cccs2)CC1)c1cc(C2CC2)[nH]n1. The van der Waals surface area contributed by atoms with Crippen LogP contribution < -0.4 is 5.32 Å². The predicted molar refractivity (Wildman–Crippen MR) is 95.2 cm³/mol. The van der Waals surface area contributed by atoms with Crippen molar-refractivity contribution in [3.05, 3.63) is 39.8 Å². The molecule has 0 spiro atoms. The molecule has 1 saturated carbocycles. The van der Waals surface area contributed by atoms with E-state index in [4.69, 9.17) is 0 Å². The Balaban J connectivity index is 1.20. The molecule has 0 atom stereocenters. The van der Waals surface area contributed by atoms with Gasteiger partial charge >= 0.3 is 0 Å².